The normalized spacial score (nSPS) is 32.3. The van der Waals surface area contributed by atoms with Crippen LogP contribution < -0.4 is 9.47 Å². The van der Waals surface area contributed by atoms with E-state index in [-0.39, 0.29) is 6.10 Å². The van der Waals surface area contributed by atoms with Gasteiger partial charge in [-0.25, -0.2) is 0 Å². The zero-order valence-corrected chi connectivity index (χ0v) is 15.2. The Morgan fingerprint density at radius 3 is 2.46 bits per heavy atom. The lowest BCUT2D eigenvalue weighted by Gasteiger charge is -2.40. The highest BCUT2D eigenvalue weighted by Crippen LogP contribution is 2.42. The number of hydrogen-bond donors (Lipinski definition) is 4. The molecule has 1 saturated heterocycles. The fourth-order valence-corrected chi connectivity index (χ4v) is 3.66. The molecule has 0 aromatic heterocycles. The van der Waals surface area contributed by atoms with E-state index in [1.54, 1.807) is 6.07 Å². The highest BCUT2D eigenvalue weighted by molar-refractivity contribution is 5.48. The van der Waals surface area contributed by atoms with Crippen LogP contribution >= 0.6 is 0 Å². The molecule has 1 fully saturated rings. The number of hydrogen-bond acceptors (Lipinski definition) is 7. The van der Waals surface area contributed by atoms with Gasteiger partial charge in [0.15, 0.2) is 11.5 Å². The molecule has 150 valence electrons. The van der Waals surface area contributed by atoms with Crippen molar-refractivity contribution in [2.45, 2.75) is 49.7 Å². The maximum absolute atomic E-state index is 10.2. The Labute approximate surface area is 162 Å². The average Bonchev–Trinajstić information content (AvgIpc) is 2.74. The fourth-order valence-electron chi connectivity index (χ4n) is 3.66. The molecule has 0 bridgehead atoms. The van der Waals surface area contributed by atoms with Gasteiger partial charge in [0.1, 0.15) is 30.5 Å². The second-order valence-corrected chi connectivity index (χ2v) is 7.12. The molecule has 6 atom stereocenters. The summed E-state index contributed by atoms with van der Waals surface area (Å²) < 4.78 is 17.5. The molecule has 0 saturated carbocycles. The quantitative estimate of drug-likeness (QED) is 0.617. The molecule has 0 spiro atoms. The van der Waals surface area contributed by atoms with Crippen LogP contribution in [0.4, 0.5) is 0 Å². The van der Waals surface area contributed by atoms with Gasteiger partial charge >= 0.3 is 0 Å². The molecule has 2 aromatic carbocycles. The summed E-state index contributed by atoms with van der Waals surface area (Å²) in [6, 6.07) is 15.4. The first-order valence-corrected chi connectivity index (χ1v) is 9.39. The van der Waals surface area contributed by atoms with E-state index in [9.17, 15) is 20.4 Å². The van der Waals surface area contributed by atoms with E-state index >= 15 is 0 Å². The van der Waals surface area contributed by atoms with Gasteiger partial charge in [-0.05, 0) is 30.0 Å². The van der Waals surface area contributed by atoms with Crippen LogP contribution in [0.3, 0.4) is 0 Å². The molecule has 0 radical (unpaired) electrons. The maximum Gasteiger partial charge on any atom is 0.229 e. The molecule has 2 aromatic rings. The van der Waals surface area contributed by atoms with E-state index in [4.69, 9.17) is 14.2 Å². The molecular formula is C21H24O7. The predicted octanol–water partition coefficient (Wildman–Crippen LogP) is 0.932. The Morgan fingerprint density at radius 1 is 0.929 bits per heavy atom. The van der Waals surface area contributed by atoms with Gasteiger partial charge in [-0.1, -0.05) is 42.5 Å². The van der Waals surface area contributed by atoms with Crippen LogP contribution in [-0.2, 0) is 11.2 Å². The van der Waals surface area contributed by atoms with Crippen LogP contribution in [0.2, 0.25) is 0 Å². The molecule has 2 heterocycles. The largest absolute Gasteiger partial charge is 0.482 e. The van der Waals surface area contributed by atoms with Gasteiger partial charge < -0.3 is 34.6 Å². The summed E-state index contributed by atoms with van der Waals surface area (Å²) >= 11 is 0. The van der Waals surface area contributed by atoms with Crippen molar-refractivity contribution in [2.75, 3.05) is 6.61 Å². The van der Waals surface area contributed by atoms with E-state index in [0.29, 0.717) is 11.5 Å². The highest BCUT2D eigenvalue weighted by Gasteiger charge is 2.45. The molecule has 2 aliphatic rings. The van der Waals surface area contributed by atoms with E-state index in [1.165, 1.54) is 0 Å². The summed E-state index contributed by atoms with van der Waals surface area (Å²) in [5.74, 6) is 0.946. The van der Waals surface area contributed by atoms with E-state index in [2.05, 4.69) is 0 Å². The van der Waals surface area contributed by atoms with Gasteiger partial charge in [0.05, 0.1) is 6.61 Å². The lowest BCUT2D eigenvalue weighted by molar-refractivity contribution is -0.277. The third-order valence-corrected chi connectivity index (χ3v) is 5.26. The zero-order chi connectivity index (χ0) is 19.7. The Bertz CT molecular complexity index is 795. The second-order valence-electron chi connectivity index (χ2n) is 7.12. The molecule has 7 heteroatoms. The Morgan fingerprint density at radius 2 is 1.71 bits per heavy atom. The topological polar surface area (TPSA) is 109 Å². The first-order valence-electron chi connectivity index (χ1n) is 9.39. The van der Waals surface area contributed by atoms with Gasteiger partial charge in [-0.2, -0.15) is 0 Å². The molecule has 4 N–H and O–H groups in total. The Hall–Kier alpha value is -2.16. The smallest absolute Gasteiger partial charge is 0.229 e. The molecule has 7 nitrogen and oxygen atoms in total. The lowest BCUT2D eigenvalue weighted by atomic mass is 9.97. The summed E-state index contributed by atoms with van der Waals surface area (Å²) in [5.41, 5.74) is 2.05. The molecule has 2 aliphatic heterocycles. The van der Waals surface area contributed by atoms with Crippen molar-refractivity contribution in [2.24, 2.45) is 0 Å². The molecule has 0 aliphatic carbocycles. The van der Waals surface area contributed by atoms with E-state index < -0.39 is 37.3 Å². The lowest BCUT2D eigenvalue weighted by Crippen LogP contribution is -2.60. The van der Waals surface area contributed by atoms with E-state index in [0.717, 1.165) is 24.0 Å². The van der Waals surface area contributed by atoms with E-state index in [1.807, 2.05) is 42.5 Å². The average molecular weight is 388 g/mol. The van der Waals surface area contributed by atoms with Crippen molar-refractivity contribution in [1.82, 2.24) is 0 Å². The minimum Gasteiger partial charge on any atom is -0.482 e. The van der Waals surface area contributed by atoms with Gasteiger partial charge in [0, 0.05) is 0 Å². The summed E-state index contributed by atoms with van der Waals surface area (Å²) in [7, 11) is 0. The molecular weight excluding hydrogens is 364 g/mol. The zero-order valence-electron chi connectivity index (χ0n) is 15.2. The van der Waals surface area contributed by atoms with Crippen LogP contribution in [0.15, 0.2) is 48.5 Å². The van der Waals surface area contributed by atoms with Gasteiger partial charge in [-0.3, -0.25) is 0 Å². The van der Waals surface area contributed by atoms with Gasteiger partial charge in [0.25, 0.3) is 0 Å². The van der Waals surface area contributed by atoms with Crippen LogP contribution in [0.1, 0.15) is 23.7 Å². The number of ether oxygens (including phenoxy) is 3. The third-order valence-electron chi connectivity index (χ3n) is 5.26. The van der Waals surface area contributed by atoms with Crippen LogP contribution in [0.5, 0.6) is 11.5 Å². The first kappa shape index (κ1) is 19.2. The molecule has 4 rings (SSSR count). The summed E-state index contributed by atoms with van der Waals surface area (Å²) in [6.45, 7) is -0.510. The monoisotopic (exact) mass is 388 g/mol. The Kier molecular flexibility index (Phi) is 5.52. The van der Waals surface area contributed by atoms with Crippen molar-refractivity contribution in [3.63, 3.8) is 0 Å². The number of benzene rings is 2. The summed E-state index contributed by atoms with van der Waals surface area (Å²) in [5, 5.41) is 39.5. The number of rotatable bonds is 4. The number of para-hydroxylation sites is 1. The maximum atomic E-state index is 10.2. The second kappa shape index (κ2) is 8.06. The van der Waals surface area contributed by atoms with Crippen molar-refractivity contribution >= 4 is 0 Å². The minimum atomic E-state index is -1.49. The predicted molar refractivity (Wildman–Crippen MR) is 99.0 cm³/mol. The number of aryl methyl sites for hydroxylation is 1. The molecule has 1 unspecified atom stereocenters. The minimum absolute atomic E-state index is 0.117. The van der Waals surface area contributed by atoms with Crippen molar-refractivity contribution in [3.05, 3.63) is 59.7 Å². The third kappa shape index (κ3) is 3.59. The number of aliphatic hydroxyl groups is 4. The molecule has 0 amide bonds. The van der Waals surface area contributed by atoms with Crippen LogP contribution in [0, 0.1) is 0 Å². The van der Waals surface area contributed by atoms with Crippen LogP contribution in [-0.4, -0.2) is 57.7 Å². The van der Waals surface area contributed by atoms with Crippen molar-refractivity contribution in [3.8, 4) is 11.5 Å². The van der Waals surface area contributed by atoms with Crippen molar-refractivity contribution in [1.29, 1.82) is 0 Å². The summed E-state index contributed by atoms with van der Waals surface area (Å²) in [6.07, 6.45) is -5.14. The number of aliphatic hydroxyl groups excluding tert-OH is 4. The van der Waals surface area contributed by atoms with Crippen molar-refractivity contribution < 1.29 is 34.6 Å². The number of fused-ring (bicyclic) bond motifs is 1. The van der Waals surface area contributed by atoms with Crippen LogP contribution in [0.25, 0.3) is 0 Å². The molecule has 28 heavy (non-hydrogen) atoms. The fraction of sp³-hybridized carbons (Fsp3) is 0.429. The van der Waals surface area contributed by atoms with Gasteiger partial charge in [0.2, 0.25) is 6.29 Å². The van der Waals surface area contributed by atoms with Gasteiger partial charge in [-0.15, -0.1) is 0 Å². The SMILES string of the molecule is OC[C@H]1O[C@H](Oc2cccc3c2OC(c2ccccc2)CC3)[C@H](O)[C@@H](O)[C@@H]1O. The summed E-state index contributed by atoms with van der Waals surface area (Å²) in [4.78, 5) is 0. The Balaban J connectivity index is 1.57. The highest BCUT2D eigenvalue weighted by atomic mass is 16.7. The standard InChI is InChI=1S/C21H24O7/c22-11-16-17(23)18(24)19(25)21(28-16)27-15-8-4-7-13-9-10-14(26-20(13)15)12-5-2-1-3-6-12/h1-8,14,16-19,21-25H,9-11H2/t14?,16-,17-,18+,19-,21+/m1/s1. The first-order chi connectivity index (χ1) is 13.6.